The van der Waals surface area contributed by atoms with Crippen molar-refractivity contribution >= 4 is 0 Å². The molecule has 0 amide bonds. The van der Waals surface area contributed by atoms with Crippen LogP contribution in [0.25, 0.3) is 0 Å². The summed E-state index contributed by atoms with van der Waals surface area (Å²) in [6.07, 6.45) is 19.5. The van der Waals surface area contributed by atoms with E-state index in [2.05, 4.69) is 51.2 Å². The molecule has 2 rings (SSSR count). The third-order valence-corrected chi connectivity index (χ3v) is 3.10. The van der Waals surface area contributed by atoms with E-state index in [0.29, 0.717) is 0 Å². The summed E-state index contributed by atoms with van der Waals surface area (Å²) in [5.41, 5.74) is 1.59. The predicted octanol–water partition coefficient (Wildman–Crippen LogP) is 5.67. The van der Waals surface area contributed by atoms with E-state index in [-0.39, 0.29) is 0 Å². The van der Waals surface area contributed by atoms with Gasteiger partial charge >= 0.3 is 0 Å². The van der Waals surface area contributed by atoms with Gasteiger partial charge in [0.2, 0.25) is 0 Å². The highest BCUT2D eigenvalue weighted by Gasteiger charge is 2.15. The Labute approximate surface area is 108 Å². The molecule has 96 valence electrons. The molecule has 0 bridgehead atoms. The van der Waals surface area contributed by atoms with E-state index in [1.54, 1.807) is 5.57 Å². The van der Waals surface area contributed by atoms with E-state index in [4.69, 9.17) is 0 Å². The molecule has 0 saturated heterocycles. The van der Waals surface area contributed by atoms with Gasteiger partial charge in [0.05, 0.1) is 0 Å². The fraction of sp³-hybridized carbons (Fsp3) is 0.647. The Kier molecular flexibility index (Phi) is 7.00. The van der Waals surface area contributed by atoms with Gasteiger partial charge in [0.25, 0.3) is 0 Å². The molecule has 0 heterocycles. The molecule has 0 unspecified atom stereocenters. The van der Waals surface area contributed by atoms with Crippen molar-refractivity contribution in [2.45, 2.75) is 59.3 Å². The molecule has 2 aliphatic rings. The second-order valence-corrected chi connectivity index (χ2v) is 5.79. The molecule has 0 aromatic carbocycles. The number of hydrogen-bond acceptors (Lipinski definition) is 0. The van der Waals surface area contributed by atoms with E-state index in [1.165, 1.54) is 32.1 Å². The number of rotatable bonds is 1. The van der Waals surface area contributed by atoms with Crippen molar-refractivity contribution in [3.8, 4) is 0 Å². The number of hydrogen-bond donors (Lipinski definition) is 0. The van der Waals surface area contributed by atoms with Crippen LogP contribution in [0.5, 0.6) is 0 Å². The van der Waals surface area contributed by atoms with Crippen molar-refractivity contribution in [3.63, 3.8) is 0 Å². The first-order valence-electron chi connectivity index (χ1n) is 7.23. The first-order chi connectivity index (χ1) is 8.20. The topological polar surface area (TPSA) is 0 Å². The summed E-state index contributed by atoms with van der Waals surface area (Å²) < 4.78 is 0. The molecular formula is C17H28. The molecule has 0 radical (unpaired) electrons. The zero-order valence-corrected chi connectivity index (χ0v) is 11.8. The van der Waals surface area contributed by atoms with Crippen molar-refractivity contribution < 1.29 is 0 Å². The third-order valence-electron chi connectivity index (χ3n) is 3.10. The smallest absolute Gasteiger partial charge is 0.0160 e. The Morgan fingerprint density at radius 3 is 2.29 bits per heavy atom. The third kappa shape index (κ3) is 6.51. The van der Waals surface area contributed by atoms with Crippen molar-refractivity contribution in [3.05, 3.63) is 36.0 Å². The van der Waals surface area contributed by atoms with Crippen LogP contribution >= 0.6 is 0 Å². The van der Waals surface area contributed by atoms with Crippen molar-refractivity contribution in [1.29, 1.82) is 0 Å². The van der Waals surface area contributed by atoms with Crippen LogP contribution in [0.1, 0.15) is 59.3 Å². The molecule has 2 aliphatic carbocycles. The van der Waals surface area contributed by atoms with Gasteiger partial charge in [-0.1, -0.05) is 70.4 Å². The highest BCUT2D eigenvalue weighted by atomic mass is 14.2. The maximum atomic E-state index is 2.40. The van der Waals surface area contributed by atoms with E-state index in [1.807, 2.05) is 0 Å². The molecule has 0 aliphatic heterocycles. The SMILES string of the molecule is C1=CCC=C(C2CCCCC2)C=C1.CC(C)C. The van der Waals surface area contributed by atoms with Gasteiger partial charge < -0.3 is 0 Å². The quantitative estimate of drug-likeness (QED) is 0.546. The first-order valence-corrected chi connectivity index (χ1v) is 7.23. The van der Waals surface area contributed by atoms with Gasteiger partial charge in [-0.25, -0.2) is 0 Å². The van der Waals surface area contributed by atoms with E-state index < -0.39 is 0 Å². The minimum Gasteiger partial charge on any atom is -0.0807 e. The standard InChI is InChI=1S/C13H18.C4H10/c1-2-5-9-12(8-4-1)13-10-6-3-7-11-13;1-4(2)3/h1-2,4,8-9,13H,3,5-7,10-11H2;4H,1-3H3. The maximum absolute atomic E-state index is 2.40. The van der Waals surface area contributed by atoms with Crippen molar-refractivity contribution in [2.24, 2.45) is 11.8 Å². The monoisotopic (exact) mass is 232 g/mol. The summed E-state index contributed by atoms with van der Waals surface area (Å²) in [6.45, 7) is 6.50. The molecule has 1 saturated carbocycles. The molecule has 0 N–H and O–H groups in total. The zero-order valence-electron chi connectivity index (χ0n) is 11.8. The molecule has 0 atom stereocenters. The lowest BCUT2D eigenvalue weighted by Crippen LogP contribution is -2.07. The van der Waals surface area contributed by atoms with Crippen LogP contribution in [-0.2, 0) is 0 Å². The predicted molar refractivity (Wildman–Crippen MR) is 78.1 cm³/mol. The van der Waals surface area contributed by atoms with Gasteiger partial charge in [0, 0.05) is 0 Å². The molecule has 0 heteroatoms. The average Bonchev–Trinajstić information content (AvgIpc) is 2.58. The van der Waals surface area contributed by atoms with Crippen LogP contribution in [0, 0.1) is 11.8 Å². The molecular weight excluding hydrogens is 204 g/mol. The van der Waals surface area contributed by atoms with Gasteiger partial charge in [-0.05, 0) is 36.7 Å². The summed E-state index contributed by atoms with van der Waals surface area (Å²) in [6, 6.07) is 0. The van der Waals surface area contributed by atoms with Gasteiger partial charge in [-0.15, -0.1) is 0 Å². The highest BCUT2D eigenvalue weighted by Crippen LogP contribution is 2.31. The van der Waals surface area contributed by atoms with E-state index in [9.17, 15) is 0 Å². The Hall–Kier alpha value is -0.780. The largest absolute Gasteiger partial charge is 0.0807 e. The Morgan fingerprint density at radius 2 is 1.65 bits per heavy atom. The van der Waals surface area contributed by atoms with Crippen molar-refractivity contribution in [1.82, 2.24) is 0 Å². The van der Waals surface area contributed by atoms with Crippen LogP contribution in [-0.4, -0.2) is 0 Å². The lowest BCUT2D eigenvalue weighted by atomic mass is 9.83. The van der Waals surface area contributed by atoms with Crippen LogP contribution in [0.4, 0.5) is 0 Å². The molecule has 0 nitrogen and oxygen atoms in total. The van der Waals surface area contributed by atoms with Crippen molar-refractivity contribution in [2.75, 3.05) is 0 Å². The van der Waals surface area contributed by atoms with E-state index in [0.717, 1.165) is 18.3 Å². The van der Waals surface area contributed by atoms with Gasteiger partial charge in [-0.2, -0.15) is 0 Å². The summed E-state index contributed by atoms with van der Waals surface area (Å²) in [5, 5.41) is 0. The van der Waals surface area contributed by atoms with Crippen LogP contribution in [0.3, 0.4) is 0 Å². The fourth-order valence-electron chi connectivity index (χ4n) is 2.33. The second-order valence-electron chi connectivity index (χ2n) is 5.79. The zero-order chi connectivity index (χ0) is 12.5. The molecule has 1 fully saturated rings. The fourth-order valence-corrected chi connectivity index (χ4v) is 2.33. The molecule has 17 heavy (non-hydrogen) atoms. The Balaban J connectivity index is 0.000000317. The number of allylic oxidation sites excluding steroid dienone is 6. The normalized spacial score (nSPS) is 20.6. The van der Waals surface area contributed by atoms with Gasteiger partial charge in [0.15, 0.2) is 0 Å². The Morgan fingerprint density at radius 1 is 1.00 bits per heavy atom. The molecule has 0 aromatic rings. The first kappa shape index (κ1) is 14.3. The minimum absolute atomic E-state index is 0.833. The van der Waals surface area contributed by atoms with Crippen LogP contribution in [0.15, 0.2) is 36.0 Å². The summed E-state index contributed by atoms with van der Waals surface area (Å²) in [7, 11) is 0. The average molecular weight is 232 g/mol. The molecule has 0 aromatic heterocycles. The maximum Gasteiger partial charge on any atom is -0.0160 e. The Bertz CT molecular complexity index is 270. The lowest BCUT2D eigenvalue weighted by molar-refractivity contribution is 0.408. The van der Waals surface area contributed by atoms with Gasteiger partial charge in [-0.3, -0.25) is 0 Å². The van der Waals surface area contributed by atoms with Crippen LogP contribution < -0.4 is 0 Å². The second kappa shape index (κ2) is 8.33. The summed E-state index contributed by atoms with van der Waals surface area (Å²) in [4.78, 5) is 0. The summed E-state index contributed by atoms with van der Waals surface area (Å²) in [5.74, 6) is 1.70. The van der Waals surface area contributed by atoms with Gasteiger partial charge in [0.1, 0.15) is 0 Å². The van der Waals surface area contributed by atoms with Crippen LogP contribution in [0.2, 0.25) is 0 Å². The van der Waals surface area contributed by atoms with E-state index >= 15 is 0 Å². The minimum atomic E-state index is 0.833. The lowest BCUT2D eigenvalue weighted by Gasteiger charge is -2.22. The summed E-state index contributed by atoms with van der Waals surface area (Å²) >= 11 is 0. The molecule has 0 spiro atoms. The highest BCUT2D eigenvalue weighted by molar-refractivity contribution is 5.28.